The van der Waals surface area contributed by atoms with E-state index in [0.29, 0.717) is 24.6 Å². The van der Waals surface area contributed by atoms with Gasteiger partial charge in [-0.3, -0.25) is 4.79 Å². The van der Waals surface area contributed by atoms with Crippen molar-refractivity contribution in [1.29, 1.82) is 0 Å². The lowest BCUT2D eigenvalue weighted by atomic mass is 10.1. The molecule has 0 unspecified atom stereocenters. The summed E-state index contributed by atoms with van der Waals surface area (Å²) in [4.78, 5) is 14.1. The molecule has 1 saturated heterocycles. The van der Waals surface area contributed by atoms with Crippen LogP contribution in [0, 0.1) is 5.92 Å². The first-order chi connectivity index (χ1) is 9.28. The molecule has 0 saturated carbocycles. The van der Waals surface area contributed by atoms with E-state index in [1.807, 2.05) is 18.2 Å². The molecule has 1 aromatic carbocycles. The molecule has 5 nitrogen and oxygen atoms in total. The number of aliphatic hydroxyl groups is 1. The highest BCUT2D eigenvalue weighted by molar-refractivity contribution is 5.82. The number of carbonyl (C=O) groups excluding carboxylic acids is 1. The average molecular weight is 263 g/mol. The Morgan fingerprint density at radius 2 is 2.16 bits per heavy atom. The average Bonchev–Trinajstić information content (AvgIpc) is 2.95. The van der Waals surface area contributed by atoms with Gasteiger partial charge in [-0.05, 0) is 18.6 Å². The molecule has 5 heteroatoms. The summed E-state index contributed by atoms with van der Waals surface area (Å²) in [5.74, 6) is 1.44. The highest BCUT2D eigenvalue weighted by atomic mass is 16.6. The third kappa shape index (κ3) is 2.38. The number of amides is 1. The van der Waals surface area contributed by atoms with Crippen LogP contribution in [0.15, 0.2) is 24.3 Å². The van der Waals surface area contributed by atoms with Crippen LogP contribution in [0.2, 0.25) is 0 Å². The smallest absolute Gasteiger partial charge is 0.267 e. The molecule has 1 N–H and O–H groups in total. The summed E-state index contributed by atoms with van der Waals surface area (Å²) >= 11 is 0. The number of hydrogen-bond acceptors (Lipinski definition) is 4. The number of fused-ring (bicyclic) bond motifs is 1. The molecule has 0 aromatic heterocycles. The summed E-state index contributed by atoms with van der Waals surface area (Å²) in [7, 11) is 0. The lowest BCUT2D eigenvalue weighted by Crippen LogP contribution is -2.45. The predicted octanol–water partition coefficient (Wildman–Crippen LogP) is 0.667. The Bertz CT molecular complexity index is 476. The number of nitrogens with zero attached hydrogens (tertiary/aromatic N) is 1. The second-order valence-electron chi connectivity index (χ2n) is 4.99. The van der Waals surface area contributed by atoms with Crippen molar-refractivity contribution < 1.29 is 19.4 Å². The van der Waals surface area contributed by atoms with Crippen LogP contribution in [0.5, 0.6) is 11.5 Å². The van der Waals surface area contributed by atoms with Crippen molar-refractivity contribution in [3.05, 3.63) is 24.3 Å². The zero-order chi connectivity index (χ0) is 13.2. The molecule has 0 radical (unpaired) electrons. The highest BCUT2D eigenvalue weighted by Crippen LogP contribution is 2.31. The summed E-state index contributed by atoms with van der Waals surface area (Å²) < 4.78 is 11.2. The van der Waals surface area contributed by atoms with Crippen molar-refractivity contribution in [2.45, 2.75) is 12.5 Å². The van der Waals surface area contributed by atoms with Crippen molar-refractivity contribution in [3.63, 3.8) is 0 Å². The Morgan fingerprint density at radius 1 is 1.37 bits per heavy atom. The number of aliphatic hydroxyl groups excluding tert-OH is 1. The van der Waals surface area contributed by atoms with Crippen LogP contribution in [0.3, 0.4) is 0 Å². The fourth-order valence-electron chi connectivity index (χ4n) is 2.53. The molecule has 0 bridgehead atoms. The lowest BCUT2D eigenvalue weighted by molar-refractivity contribution is -0.140. The first kappa shape index (κ1) is 12.3. The third-order valence-corrected chi connectivity index (χ3v) is 3.64. The summed E-state index contributed by atoms with van der Waals surface area (Å²) in [6.07, 6.45) is 0.277. The largest absolute Gasteiger partial charge is 0.485 e. The van der Waals surface area contributed by atoms with Gasteiger partial charge in [-0.1, -0.05) is 12.1 Å². The van der Waals surface area contributed by atoms with E-state index < -0.39 is 6.10 Å². The van der Waals surface area contributed by atoms with Crippen molar-refractivity contribution in [2.75, 3.05) is 26.3 Å². The molecule has 102 valence electrons. The van der Waals surface area contributed by atoms with Gasteiger partial charge in [0.25, 0.3) is 5.91 Å². The number of hydrogen-bond donors (Lipinski definition) is 1. The number of ether oxygens (including phenoxy) is 2. The molecule has 3 rings (SSSR count). The molecule has 1 fully saturated rings. The standard InChI is InChI=1S/C14H17NO4/c16-8-10-5-6-15(7-10)14(17)13-9-18-11-3-1-2-4-12(11)19-13/h1-4,10,13,16H,5-9H2/t10-,13-/m0/s1. The van der Waals surface area contributed by atoms with E-state index in [9.17, 15) is 4.79 Å². The van der Waals surface area contributed by atoms with Gasteiger partial charge in [0, 0.05) is 25.6 Å². The van der Waals surface area contributed by atoms with Crippen LogP contribution < -0.4 is 9.47 Å². The summed E-state index contributed by atoms with van der Waals surface area (Å²) in [5.41, 5.74) is 0. The van der Waals surface area contributed by atoms with Crippen LogP contribution in [-0.4, -0.2) is 48.3 Å². The fourth-order valence-corrected chi connectivity index (χ4v) is 2.53. The third-order valence-electron chi connectivity index (χ3n) is 3.64. The van der Waals surface area contributed by atoms with Gasteiger partial charge in [0.15, 0.2) is 11.5 Å². The van der Waals surface area contributed by atoms with Gasteiger partial charge < -0.3 is 19.5 Å². The molecule has 2 aliphatic heterocycles. The van der Waals surface area contributed by atoms with Crippen molar-refractivity contribution >= 4 is 5.91 Å². The molecule has 0 aliphatic carbocycles. The topological polar surface area (TPSA) is 59.0 Å². The Hall–Kier alpha value is -1.75. The summed E-state index contributed by atoms with van der Waals surface area (Å²) in [6, 6.07) is 7.35. The van der Waals surface area contributed by atoms with Crippen molar-refractivity contribution in [2.24, 2.45) is 5.92 Å². The highest BCUT2D eigenvalue weighted by Gasteiger charge is 2.34. The van der Waals surface area contributed by atoms with E-state index in [1.54, 1.807) is 11.0 Å². The Kier molecular flexibility index (Phi) is 3.29. The van der Waals surface area contributed by atoms with Crippen LogP contribution in [-0.2, 0) is 4.79 Å². The number of likely N-dealkylation sites (tertiary alicyclic amines) is 1. The maximum Gasteiger partial charge on any atom is 0.267 e. The van der Waals surface area contributed by atoms with Crippen LogP contribution in [0.4, 0.5) is 0 Å². The SMILES string of the molecule is O=C([C@@H]1COc2ccccc2O1)N1CC[C@H](CO)C1. The Balaban J connectivity index is 1.66. The minimum absolute atomic E-state index is 0.0505. The van der Waals surface area contributed by atoms with Gasteiger partial charge >= 0.3 is 0 Å². The van der Waals surface area contributed by atoms with Gasteiger partial charge in [0.1, 0.15) is 6.61 Å². The first-order valence-electron chi connectivity index (χ1n) is 6.56. The molecule has 19 heavy (non-hydrogen) atoms. The van der Waals surface area contributed by atoms with Gasteiger partial charge in [-0.25, -0.2) is 0 Å². The maximum atomic E-state index is 12.3. The van der Waals surface area contributed by atoms with Crippen LogP contribution >= 0.6 is 0 Å². The van der Waals surface area contributed by atoms with Crippen molar-refractivity contribution in [3.8, 4) is 11.5 Å². The zero-order valence-electron chi connectivity index (χ0n) is 10.6. The van der Waals surface area contributed by atoms with Crippen molar-refractivity contribution in [1.82, 2.24) is 4.90 Å². The number of benzene rings is 1. The minimum Gasteiger partial charge on any atom is -0.485 e. The molecule has 2 heterocycles. The minimum atomic E-state index is -0.577. The first-order valence-corrected chi connectivity index (χ1v) is 6.56. The van der Waals surface area contributed by atoms with E-state index >= 15 is 0 Å². The molecule has 2 aliphatic rings. The molecule has 0 spiro atoms. The van der Waals surface area contributed by atoms with Gasteiger partial charge in [0.2, 0.25) is 6.10 Å². The zero-order valence-corrected chi connectivity index (χ0v) is 10.6. The molecular weight excluding hydrogens is 246 g/mol. The second kappa shape index (κ2) is 5.09. The van der Waals surface area contributed by atoms with Crippen LogP contribution in [0.1, 0.15) is 6.42 Å². The molecular formula is C14H17NO4. The van der Waals surface area contributed by atoms with E-state index in [1.165, 1.54) is 0 Å². The lowest BCUT2D eigenvalue weighted by Gasteiger charge is -2.28. The van der Waals surface area contributed by atoms with E-state index in [0.717, 1.165) is 6.42 Å². The van der Waals surface area contributed by atoms with Gasteiger partial charge in [0.05, 0.1) is 0 Å². The molecule has 2 atom stereocenters. The monoisotopic (exact) mass is 263 g/mol. The van der Waals surface area contributed by atoms with Gasteiger partial charge in [-0.2, -0.15) is 0 Å². The quantitative estimate of drug-likeness (QED) is 0.852. The van der Waals surface area contributed by atoms with Crippen LogP contribution in [0.25, 0.3) is 0 Å². The summed E-state index contributed by atoms with van der Waals surface area (Å²) in [5, 5.41) is 9.11. The number of para-hydroxylation sites is 2. The van der Waals surface area contributed by atoms with E-state index in [4.69, 9.17) is 14.6 Å². The number of rotatable bonds is 2. The second-order valence-corrected chi connectivity index (χ2v) is 4.99. The predicted molar refractivity (Wildman–Crippen MR) is 68.1 cm³/mol. The Morgan fingerprint density at radius 3 is 2.89 bits per heavy atom. The Labute approximate surface area is 111 Å². The number of carbonyl (C=O) groups is 1. The molecule has 1 amide bonds. The summed E-state index contributed by atoms with van der Waals surface area (Å²) in [6.45, 7) is 1.67. The maximum absolute atomic E-state index is 12.3. The van der Waals surface area contributed by atoms with Gasteiger partial charge in [-0.15, -0.1) is 0 Å². The fraction of sp³-hybridized carbons (Fsp3) is 0.500. The normalized spacial score (nSPS) is 25.4. The van der Waals surface area contributed by atoms with E-state index in [-0.39, 0.29) is 25.0 Å². The van der Waals surface area contributed by atoms with E-state index in [2.05, 4.69) is 0 Å². The molecule has 1 aromatic rings.